The third kappa shape index (κ3) is 5.54. The predicted molar refractivity (Wildman–Crippen MR) is 121 cm³/mol. The minimum Gasteiger partial charge on any atom is -0.342 e. The van der Waals surface area contributed by atoms with Crippen molar-refractivity contribution in [3.8, 4) is 16.4 Å². The van der Waals surface area contributed by atoms with E-state index in [1.807, 2.05) is 0 Å². The number of carbonyl (C=O) groups excluding carboxylic acids is 1. The fourth-order valence-electron chi connectivity index (χ4n) is 3.01. The third-order valence-corrected chi connectivity index (χ3v) is 6.90. The minimum absolute atomic E-state index is 0.0665. The second kappa shape index (κ2) is 9.19. The molecule has 1 aromatic carbocycles. The summed E-state index contributed by atoms with van der Waals surface area (Å²) in [4.78, 5) is 21.0. The summed E-state index contributed by atoms with van der Waals surface area (Å²) < 4.78 is 63.1. The van der Waals surface area contributed by atoms with Crippen LogP contribution in [0.5, 0.6) is 0 Å². The second-order valence-electron chi connectivity index (χ2n) is 7.52. The summed E-state index contributed by atoms with van der Waals surface area (Å²) in [5, 5.41) is 12.5. The van der Waals surface area contributed by atoms with E-state index in [-0.39, 0.29) is 16.4 Å². The molecular formula is C21H17F3N6O3S2. The van der Waals surface area contributed by atoms with Crippen LogP contribution in [0.25, 0.3) is 16.4 Å². The first-order valence-electron chi connectivity index (χ1n) is 9.94. The maximum atomic E-state index is 12.9. The van der Waals surface area contributed by atoms with Gasteiger partial charge in [0.15, 0.2) is 15.7 Å². The summed E-state index contributed by atoms with van der Waals surface area (Å²) in [6, 6.07) is 7.24. The first-order chi connectivity index (χ1) is 16.4. The number of aromatic nitrogens is 5. The number of benzene rings is 1. The molecular weight excluding hydrogens is 505 g/mol. The van der Waals surface area contributed by atoms with Crippen molar-refractivity contribution in [1.29, 1.82) is 0 Å². The number of halogens is 3. The number of hydrogen-bond acceptors (Lipinski definition) is 8. The number of hydrogen-bond donors (Lipinski definition) is 1. The van der Waals surface area contributed by atoms with E-state index < -0.39 is 33.5 Å². The van der Waals surface area contributed by atoms with Crippen LogP contribution < -0.4 is 5.32 Å². The molecule has 182 valence electrons. The van der Waals surface area contributed by atoms with E-state index in [2.05, 4.69) is 25.6 Å². The van der Waals surface area contributed by atoms with Crippen molar-refractivity contribution in [1.82, 2.24) is 30.3 Å². The molecule has 3 aromatic heterocycles. The topological polar surface area (TPSA) is 120 Å². The zero-order valence-corrected chi connectivity index (χ0v) is 19.8. The number of pyridine rings is 1. The van der Waals surface area contributed by atoms with Gasteiger partial charge in [0.2, 0.25) is 0 Å². The normalized spacial score (nSPS) is 12.9. The van der Waals surface area contributed by atoms with Crippen LogP contribution >= 0.6 is 11.3 Å². The van der Waals surface area contributed by atoms with Crippen LogP contribution in [0.3, 0.4) is 0 Å². The number of carbonyl (C=O) groups is 1. The summed E-state index contributed by atoms with van der Waals surface area (Å²) in [5.41, 5.74) is 0.248. The van der Waals surface area contributed by atoms with Crippen LogP contribution in [-0.2, 0) is 16.0 Å². The van der Waals surface area contributed by atoms with E-state index in [1.54, 1.807) is 24.4 Å². The Labute approximate surface area is 201 Å². The molecule has 1 N–H and O–H groups in total. The molecule has 1 amide bonds. The lowest BCUT2D eigenvalue weighted by Gasteiger charge is -2.09. The van der Waals surface area contributed by atoms with Crippen molar-refractivity contribution in [2.45, 2.75) is 24.0 Å². The molecule has 0 aliphatic heterocycles. The number of nitrogens with zero attached hydrogens (tertiary/aromatic N) is 5. The first kappa shape index (κ1) is 24.5. The minimum atomic E-state index is -4.52. The molecule has 0 spiro atoms. The van der Waals surface area contributed by atoms with Gasteiger partial charge in [-0.1, -0.05) is 17.3 Å². The number of thiazole rings is 1. The molecule has 0 unspecified atom stereocenters. The highest BCUT2D eigenvalue weighted by molar-refractivity contribution is 7.90. The van der Waals surface area contributed by atoms with Gasteiger partial charge >= 0.3 is 6.18 Å². The Morgan fingerprint density at radius 1 is 1.17 bits per heavy atom. The van der Waals surface area contributed by atoms with Gasteiger partial charge in [0, 0.05) is 23.4 Å². The zero-order chi connectivity index (χ0) is 25.4. The van der Waals surface area contributed by atoms with Crippen LogP contribution in [0.2, 0.25) is 0 Å². The zero-order valence-electron chi connectivity index (χ0n) is 18.2. The summed E-state index contributed by atoms with van der Waals surface area (Å²) in [5.74, 6) is -0.553. The number of sulfone groups is 1. The van der Waals surface area contributed by atoms with Gasteiger partial charge in [0.25, 0.3) is 5.91 Å². The van der Waals surface area contributed by atoms with Gasteiger partial charge in [0.1, 0.15) is 16.4 Å². The highest BCUT2D eigenvalue weighted by Crippen LogP contribution is 2.29. The summed E-state index contributed by atoms with van der Waals surface area (Å²) in [6.07, 6.45) is -1.00. The van der Waals surface area contributed by atoms with E-state index in [4.69, 9.17) is 0 Å². The monoisotopic (exact) mass is 522 g/mol. The molecule has 1 atom stereocenters. The van der Waals surface area contributed by atoms with Gasteiger partial charge in [-0.3, -0.25) is 4.79 Å². The van der Waals surface area contributed by atoms with Crippen molar-refractivity contribution in [2.75, 3.05) is 6.26 Å². The Hall–Kier alpha value is -3.65. The molecule has 0 fully saturated rings. The van der Waals surface area contributed by atoms with E-state index >= 15 is 0 Å². The lowest BCUT2D eigenvalue weighted by molar-refractivity contribution is -0.137. The molecule has 4 aromatic rings. The van der Waals surface area contributed by atoms with Crippen LogP contribution in [-0.4, -0.2) is 45.5 Å². The summed E-state index contributed by atoms with van der Waals surface area (Å²) >= 11 is 1.22. The summed E-state index contributed by atoms with van der Waals surface area (Å²) in [6.45, 7) is 1.64. The van der Waals surface area contributed by atoms with Crippen molar-refractivity contribution in [3.05, 3.63) is 71.1 Å². The van der Waals surface area contributed by atoms with Crippen molar-refractivity contribution in [3.63, 3.8) is 0 Å². The molecule has 14 heteroatoms. The number of alkyl halides is 3. The Morgan fingerprint density at radius 3 is 2.54 bits per heavy atom. The van der Waals surface area contributed by atoms with Gasteiger partial charge in [-0.05, 0) is 31.2 Å². The van der Waals surface area contributed by atoms with E-state index in [9.17, 15) is 26.4 Å². The van der Waals surface area contributed by atoms with Crippen molar-refractivity contribution < 1.29 is 26.4 Å². The quantitative estimate of drug-likeness (QED) is 0.410. The highest BCUT2D eigenvalue weighted by Gasteiger charge is 2.31. The SMILES string of the molecule is C[C@H](NC(=O)c1csc(-c2ccc(S(C)(=O)=O)cc2)n1)c1cn(-c2cc(C(F)(F)F)ccn2)nn1. The predicted octanol–water partition coefficient (Wildman–Crippen LogP) is 3.70. The number of nitrogens with one attached hydrogen (secondary N) is 1. The molecule has 0 radical (unpaired) electrons. The molecule has 4 rings (SSSR count). The maximum absolute atomic E-state index is 12.9. The Kier molecular flexibility index (Phi) is 6.42. The van der Waals surface area contributed by atoms with E-state index in [0.717, 1.165) is 29.3 Å². The largest absolute Gasteiger partial charge is 0.416 e. The van der Waals surface area contributed by atoms with Gasteiger partial charge < -0.3 is 5.32 Å². The van der Waals surface area contributed by atoms with Gasteiger partial charge in [-0.25, -0.2) is 23.1 Å². The molecule has 0 bridgehead atoms. The summed E-state index contributed by atoms with van der Waals surface area (Å²) in [7, 11) is -3.32. The van der Waals surface area contributed by atoms with Crippen LogP contribution in [0.4, 0.5) is 13.2 Å². The first-order valence-corrected chi connectivity index (χ1v) is 12.7. The fraction of sp³-hybridized carbons (Fsp3) is 0.190. The Balaban J connectivity index is 1.45. The Bertz CT molecular complexity index is 1480. The van der Waals surface area contributed by atoms with Gasteiger partial charge in [-0.2, -0.15) is 13.2 Å². The van der Waals surface area contributed by atoms with Crippen molar-refractivity contribution >= 4 is 27.1 Å². The second-order valence-corrected chi connectivity index (χ2v) is 10.4. The lowest BCUT2D eigenvalue weighted by atomic mass is 10.2. The lowest BCUT2D eigenvalue weighted by Crippen LogP contribution is -2.27. The molecule has 0 aliphatic carbocycles. The van der Waals surface area contributed by atoms with Crippen LogP contribution in [0, 0.1) is 0 Å². The molecule has 0 saturated heterocycles. The van der Waals surface area contributed by atoms with Crippen molar-refractivity contribution in [2.24, 2.45) is 0 Å². The average molecular weight is 523 g/mol. The van der Waals surface area contributed by atoms with E-state index in [0.29, 0.717) is 16.3 Å². The van der Waals surface area contributed by atoms with E-state index in [1.165, 1.54) is 29.7 Å². The van der Waals surface area contributed by atoms with Gasteiger partial charge in [0.05, 0.1) is 22.7 Å². The highest BCUT2D eigenvalue weighted by atomic mass is 32.2. The average Bonchev–Trinajstić information content (AvgIpc) is 3.49. The standard InChI is InChI=1S/C21H17F3N6O3S2/c1-12(16-10-30(29-28-16)18-9-14(7-8-25-18)21(22,23)24)26-19(31)17-11-34-20(27-17)13-3-5-15(6-4-13)35(2,32)33/h3-12H,1-2H3,(H,26,31)/t12-/m0/s1. The molecule has 0 saturated carbocycles. The smallest absolute Gasteiger partial charge is 0.342 e. The molecule has 9 nitrogen and oxygen atoms in total. The Morgan fingerprint density at radius 2 is 1.89 bits per heavy atom. The molecule has 0 aliphatic rings. The van der Waals surface area contributed by atoms with Gasteiger partial charge in [-0.15, -0.1) is 16.4 Å². The maximum Gasteiger partial charge on any atom is 0.416 e. The molecule has 35 heavy (non-hydrogen) atoms. The van der Waals surface area contributed by atoms with Crippen LogP contribution in [0.15, 0.2) is 59.1 Å². The number of rotatable bonds is 6. The van der Waals surface area contributed by atoms with Crippen LogP contribution in [0.1, 0.15) is 34.7 Å². The number of amides is 1. The fourth-order valence-corrected chi connectivity index (χ4v) is 4.44. The molecule has 3 heterocycles. The third-order valence-electron chi connectivity index (χ3n) is 4.88.